The molecule has 1 atom stereocenters. The van der Waals surface area contributed by atoms with Crippen LogP contribution in [0.25, 0.3) is 0 Å². The first-order valence-corrected chi connectivity index (χ1v) is 11.7. The van der Waals surface area contributed by atoms with Crippen molar-refractivity contribution in [1.82, 2.24) is 10.2 Å². The van der Waals surface area contributed by atoms with Gasteiger partial charge in [0.05, 0.1) is 0 Å². The number of nitrogens with one attached hydrogen (secondary N) is 1. The summed E-state index contributed by atoms with van der Waals surface area (Å²) >= 11 is 0. The molecule has 204 valence electrons. The first kappa shape index (κ1) is 28.5. The fourth-order valence-corrected chi connectivity index (χ4v) is 4.01. The van der Waals surface area contributed by atoms with Crippen molar-refractivity contribution in [1.29, 1.82) is 0 Å². The van der Waals surface area contributed by atoms with Crippen LogP contribution in [0, 0.1) is 17.5 Å². The Kier molecular flexibility index (Phi) is 8.64. The SMILES string of the molecule is CC(C)(C)OC(=O)NC(CC(=O)N1CC(=O)N(CC(=O)O)c2ccccc2C1)Cc1cc(F)c(F)cc1F. The minimum atomic E-state index is -1.38. The van der Waals surface area contributed by atoms with Crippen molar-refractivity contribution in [2.45, 2.75) is 51.8 Å². The maximum atomic E-state index is 14.4. The van der Waals surface area contributed by atoms with Gasteiger partial charge < -0.3 is 20.1 Å². The number of para-hydroxylation sites is 1. The number of carboxylic acid groups (broad SMARTS) is 1. The topological polar surface area (TPSA) is 116 Å². The number of rotatable bonds is 7. The molecule has 0 aliphatic carbocycles. The zero-order valence-corrected chi connectivity index (χ0v) is 21.1. The van der Waals surface area contributed by atoms with Crippen molar-refractivity contribution in [2.75, 3.05) is 18.0 Å². The Hall–Kier alpha value is -4.09. The summed E-state index contributed by atoms with van der Waals surface area (Å²) in [5.41, 5.74) is -0.290. The first-order chi connectivity index (χ1) is 17.7. The van der Waals surface area contributed by atoms with Crippen LogP contribution in [0.3, 0.4) is 0 Å². The third-order valence-corrected chi connectivity index (χ3v) is 5.61. The van der Waals surface area contributed by atoms with Crippen LogP contribution in [0.5, 0.6) is 0 Å². The van der Waals surface area contributed by atoms with Crippen molar-refractivity contribution >= 4 is 29.6 Å². The number of fused-ring (bicyclic) bond motifs is 1. The normalized spacial score (nSPS) is 14.4. The van der Waals surface area contributed by atoms with Crippen LogP contribution in [0.4, 0.5) is 23.7 Å². The summed E-state index contributed by atoms with van der Waals surface area (Å²) in [7, 11) is 0. The Morgan fingerprint density at radius 2 is 1.71 bits per heavy atom. The largest absolute Gasteiger partial charge is 0.480 e. The zero-order chi connectivity index (χ0) is 28.2. The molecular formula is C26H28F3N3O6. The molecule has 9 nitrogen and oxygen atoms in total. The maximum Gasteiger partial charge on any atom is 0.407 e. The molecule has 38 heavy (non-hydrogen) atoms. The van der Waals surface area contributed by atoms with Crippen molar-refractivity contribution < 1.29 is 42.2 Å². The second-order valence-electron chi connectivity index (χ2n) is 9.86. The van der Waals surface area contributed by atoms with Crippen molar-refractivity contribution in [3.05, 3.63) is 65.0 Å². The molecule has 2 aromatic carbocycles. The van der Waals surface area contributed by atoms with Gasteiger partial charge in [0.2, 0.25) is 11.8 Å². The van der Waals surface area contributed by atoms with Crippen molar-refractivity contribution in [3.8, 4) is 0 Å². The molecule has 3 rings (SSSR count). The van der Waals surface area contributed by atoms with E-state index in [-0.39, 0.29) is 18.5 Å². The van der Waals surface area contributed by atoms with Crippen LogP contribution in [0.15, 0.2) is 36.4 Å². The van der Waals surface area contributed by atoms with E-state index in [0.717, 1.165) is 4.90 Å². The lowest BCUT2D eigenvalue weighted by Gasteiger charge is -2.26. The van der Waals surface area contributed by atoms with Gasteiger partial charge in [-0.1, -0.05) is 18.2 Å². The molecule has 3 amide bonds. The lowest BCUT2D eigenvalue weighted by Crippen LogP contribution is -2.46. The summed E-state index contributed by atoms with van der Waals surface area (Å²) in [5.74, 6) is -6.22. The van der Waals surface area contributed by atoms with Gasteiger partial charge >= 0.3 is 12.1 Å². The molecule has 0 radical (unpaired) electrons. The number of aliphatic carboxylic acids is 1. The van der Waals surface area contributed by atoms with Gasteiger partial charge in [0.1, 0.15) is 24.5 Å². The summed E-state index contributed by atoms with van der Waals surface area (Å²) in [5, 5.41) is 11.7. The number of hydrogen-bond acceptors (Lipinski definition) is 5. The Bertz CT molecular complexity index is 1250. The summed E-state index contributed by atoms with van der Waals surface area (Å²) < 4.78 is 46.8. The van der Waals surface area contributed by atoms with Gasteiger partial charge in [-0.05, 0) is 50.5 Å². The molecule has 0 fully saturated rings. The minimum Gasteiger partial charge on any atom is -0.480 e. The number of carbonyl (C=O) groups excluding carboxylic acids is 3. The third-order valence-electron chi connectivity index (χ3n) is 5.61. The van der Waals surface area contributed by atoms with E-state index in [4.69, 9.17) is 4.74 Å². The number of benzene rings is 2. The van der Waals surface area contributed by atoms with Gasteiger partial charge in [-0.15, -0.1) is 0 Å². The molecule has 1 unspecified atom stereocenters. The number of nitrogens with zero attached hydrogens (tertiary/aromatic N) is 2. The fourth-order valence-electron chi connectivity index (χ4n) is 4.01. The minimum absolute atomic E-state index is 0.0322. The van der Waals surface area contributed by atoms with E-state index in [1.807, 2.05) is 0 Å². The van der Waals surface area contributed by atoms with Crippen molar-refractivity contribution in [2.24, 2.45) is 0 Å². The predicted molar refractivity (Wildman–Crippen MR) is 130 cm³/mol. The van der Waals surface area contributed by atoms with Gasteiger partial charge in [-0.2, -0.15) is 0 Å². The Balaban J connectivity index is 1.86. The molecule has 0 saturated carbocycles. The second kappa shape index (κ2) is 11.5. The Morgan fingerprint density at radius 3 is 2.37 bits per heavy atom. The molecule has 1 aliphatic rings. The van der Waals surface area contributed by atoms with E-state index in [0.29, 0.717) is 23.4 Å². The molecule has 0 saturated heterocycles. The molecule has 2 aromatic rings. The van der Waals surface area contributed by atoms with Gasteiger partial charge in [-0.3, -0.25) is 19.3 Å². The Morgan fingerprint density at radius 1 is 1.05 bits per heavy atom. The highest BCUT2D eigenvalue weighted by molar-refractivity contribution is 6.01. The van der Waals surface area contributed by atoms with Gasteiger partial charge in [0.15, 0.2) is 11.6 Å². The van der Waals surface area contributed by atoms with Crippen LogP contribution in [0.1, 0.15) is 38.3 Å². The van der Waals surface area contributed by atoms with Gasteiger partial charge in [0.25, 0.3) is 0 Å². The quantitative estimate of drug-likeness (QED) is 0.525. The molecule has 1 heterocycles. The highest BCUT2D eigenvalue weighted by Crippen LogP contribution is 2.26. The zero-order valence-electron chi connectivity index (χ0n) is 21.1. The average molecular weight is 536 g/mol. The van der Waals surface area contributed by atoms with Crippen LogP contribution >= 0.6 is 0 Å². The van der Waals surface area contributed by atoms with E-state index < -0.39 is 72.5 Å². The van der Waals surface area contributed by atoms with E-state index in [1.54, 1.807) is 45.0 Å². The summed E-state index contributed by atoms with van der Waals surface area (Å²) in [4.78, 5) is 52.3. The lowest BCUT2D eigenvalue weighted by atomic mass is 10.0. The molecule has 12 heteroatoms. The monoisotopic (exact) mass is 535 g/mol. The number of amides is 3. The van der Waals surface area contributed by atoms with Crippen LogP contribution in [0.2, 0.25) is 0 Å². The van der Waals surface area contributed by atoms with Crippen molar-refractivity contribution in [3.63, 3.8) is 0 Å². The van der Waals surface area contributed by atoms with E-state index in [9.17, 15) is 37.5 Å². The lowest BCUT2D eigenvalue weighted by molar-refractivity contribution is -0.137. The fraction of sp³-hybridized carbons (Fsp3) is 0.385. The maximum absolute atomic E-state index is 14.4. The van der Waals surface area contributed by atoms with Crippen LogP contribution < -0.4 is 10.2 Å². The summed E-state index contributed by atoms with van der Waals surface area (Å²) in [6, 6.07) is 6.44. The third kappa shape index (κ3) is 7.46. The average Bonchev–Trinajstić information content (AvgIpc) is 2.92. The number of carbonyl (C=O) groups is 4. The first-order valence-electron chi connectivity index (χ1n) is 11.7. The van der Waals surface area contributed by atoms with Crippen LogP contribution in [-0.4, -0.2) is 58.6 Å². The predicted octanol–water partition coefficient (Wildman–Crippen LogP) is 3.39. The highest BCUT2D eigenvalue weighted by Gasteiger charge is 2.32. The van der Waals surface area contributed by atoms with E-state index in [2.05, 4.69) is 5.32 Å². The summed E-state index contributed by atoms with van der Waals surface area (Å²) in [6.45, 7) is 3.77. The van der Waals surface area contributed by atoms with E-state index >= 15 is 0 Å². The second-order valence-corrected chi connectivity index (χ2v) is 9.86. The van der Waals surface area contributed by atoms with Crippen LogP contribution in [-0.2, 0) is 32.1 Å². The standard InChI is InChI=1S/C26H28F3N3O6/c1-26(2,3)38-25(37)30-17(8-16-9-19(28)20(29)11-18(16)27)10-22(33)31-12-15-6-4-5-7-21(15)32(14-24(35)36)23(34)13-31/h4-7,9,11,17H,8,10,12-14H2,1-3H3,(H,30,37)(H,35,36). The number of carboxylic acids is 1. The Labute approximate surface area is 217 Å². The number of halogens is 3. The molecule has 2 N–H and O–H groups in total. The molecule has 1 aliphatic heterocycles. The van der Waals surface area contributed by atoms with Gasteiger partial charge in [-0.25, -0.2) is 18.0 Å². The molecule has 0 bridgehead atoms. The summed E-state index contributed by atoms with van der Waals surface area (Å²) in [6.07, 6.45) is -1.73. The number of hydrogen-bond donors (Lipinski definition) is 2. The molecule has 0 aromatic heterocycles. The number of ether oxygens (including phenoxy) is 1. The highest BCUT2D eigenvalue weighted by atomic mass is 19.2. The number of alkyl carbamates (subject to hydrolysis) is 1. The van der Waals surface area contributed by atoms with Gasteiger partial charge in [0, 0.05) is 30.8 Å². The molecule has 0 spiro atoms. The number of anilines is 1. The van der Waals surface area contributed by atoms with E-state index in [1.165, 1.54) is 4.90 Å². The molecular weight excluding hydrogens is 507 g/mol. The smallest absolute Gasteiger partial charge is 0.407 e.